The van der Waals surface area contributed by atoms with Gasteiger partial charge in [-0.15, -0.1) is 0 Å². The lowest BCUT2D eigenvalue weighted by Gasteiger charge is -2.29. The minimum atomic E-state index is -0.132. The monoisotopic (exact) mass is 398 g/mol. The maximum absolute atomic E-state index is 13.2. The van der Waals surface area contributed by atoms with Crippen LogP contribution in [0.25, 0.3) is 0 Å². The number of nitrogens with zero attached hydrogens (tertiary/aromatic N) is 2. The van der Waals surface area contributed by atoms with Gasteiger partial charge in [-0.2, -0.15) is 0 Å². The van der Waals surface area contributed by atoms with Crippen molar-refractivity contribution < 1.29 is 14.0 Å². The molecule has 2 rings (SSSR count). The molecule has 2 amide bonds. The lowest BCUT2D eigenvalue weighted by molar-refractivity contribution is -0.143. The molecule has 0 aliphatic heterocycles. The van der Waals surface area contributed by atoms with Gasteiger partial charge in [-0.25, -0.2) is 0 Å². The fraction of sp³-hybridized carbons (Fsp3) is 0.500. The molecule has 1 aromatic heterocycles. The van der Waals surface area contributed by atoms with Gasteiger partial charge in [0.05, 0.1) is 13.1 Å². The smallest absolute Gasteiger partial charge is 0.242 e. The molecule has 0 spiro atoms. The molecular formula is C24H34N2O3. The molecule has 0 N–H and O–H groups in total. The van der Waals surface area contributed by atoms with Crippen LogP contribution in [0.15, 0.2) is 46.9 Å². The molecule has 5 heteroatoms. The zero-order valence-electron chi connectivity index (χ0n) is 18.4. The second-order valence-electron chi connectivity index (χ2n) is 8.33. The largest absolute Gasteiger partial charge is 0.464 e. The van der Waals surface area contributed by atoms with Crippen molar-refractivity contribution in [2.75, 3.05) is 19.6 Å². The molecule has 0 aliphatic rings. The van der Waals surface area contributed by atoms with E-state index in [0.717, 1.165) is 17.9 Å². The van der Waals surface area contributed by atoms with Gasteiger partial charge < -0.3 is 14.2 Å². The van der Waals surface area contributed by atoms with E-state index in [-0.39, 0.29) is 24.3 Å². The maximum Gasteiger partial charge on any atom is 0.242 e. The molecule has 0 unspecified atom stereocenters. The molecule has 1 aromatic carbocycles. The Morgan fingerprint density at radius 2 is 1.66 bits per heavy atom. The van der Waals surface area contributed by atoms with Crippen LogP contribution in [0.3, 0.4) is 0 Å². The Bertz CT molecular complexity index is 780. The van der Waals surface area contributed by atoms with E-state index in [9.17, 15) is 9.59 Å². The number of carbonyl (C=O) groups is 2. The van der Waals surface area contributed by atoms with E-state index in [0.29, 0.717) is 25.6 Å². The van der Waals surface area contributed by atoms with Crippen LogP contribution in [-0.2, 0) is 22.6 Å². The summed E-state index contributed by atoms with van der Waals surface area (Å²) in [6.45, 7) is 11.4. The van der Waals surface area contributed by atoms with E-state index in [4.69, 9.17) is 4.42 Å². The standard InChI is InChI=1S/C24H34N2O3/c1-18(2)15-26(24(28)19(3)4)17-23(27)25(16-22-12-11-20(5)29-22)14-13-21-9-7-6-8-10-21/h6-12,18-19H,13-17H2,1-5H3. The van der Waals surface area contributed by atoms with Crippen LogP contribution in [0.2, 0.25) is 0 Å². The Morgan fingerprint density at radius 3 is 2.21 bits per heavy atom. The average molecular weight is 399 g/mol. The molecule has 29 heavy (non-hydrogen) atoms. The number of furan rings is 1. The molecule has 0 atom stereocenters. The number of hydrogen-bond donors (Lipinski definition) is 0. The third-order valence-corrected chi connectivity index (χ3v) is 4.73. The zero-order valence-corrected chi connectivity index (χ0v) is 18.4. The Labute approximate surface area is 174 Å². The highest BCUT2D eigenvalue weighted by atomic mass is 16.3. The summed E-state index contributed by atoms with van der Waals surface area (Å²) in [4.78, 5) is 29.3. The van der Waals surface area contributed by atoms with Crippen molar-refractivity contribution in [3.8, 4) is 0 Å². The molecule has 0 radical (unpaired) electrons. The number of benzene rings is 1. The van der Waals surface area contributed by atoms with Gasteiger partial charge in [-0.1, -0.05) is 58.0 Å². The lowest BCUT2D eigenvalue weighted by atomic mass is 10.1. The van der Waals surface area contributed by atoms with Gasteiger partial charge in [0.25, 0.3) is 0 Å². The predicted octanol–water partition coefficient (Wildman–Crippen LogP) is 4.30. The Kier molecular flexibility index (Phi) is 8.50. The van der Waals surface area contributed by atoms with Gasteiger partial charge in [-0.05, 0) is 37.0 Å². The highest BCUT2D eigenvalue weighted by Crippen LogP contribution is 2.13. The average Bonchev–Trinajstić information content (AvgIpc) is 3.09. The van der Waals surface area contributed by atoms with E-state index in [1.54, 1.807) is 9.80 Å². The van der Waals surface area contributed by atoms with Crippen molar-refractivity contribution in [1.29, 1.82) is 0 Å². The van der Waals surface area contributed by atoms with Crippen molar-refractivity contribution in [2.24, 2.45) is 11.8 Å². The first-order valence-electron chi connectivity index (χ1n) is 10.4. The summed E-state index contributed by atoms with van der Waals surface area (Å²) in [5.74, 6) is 1.72. The van der Waals surface area contributed by atoms with Gasteiger partial charge in [0.1, 0.15) is 11.5 Å². The first-order chi connectivity index (χ1) is 13.8. The molecule has 1 heterocycles. The fourth-order valence-corrected chi connectivity index (χ4v) is 3.26. The Hall–Kier alpha value is -2.56. The lowest BCUT2D eigenvalue weighted by Crippen LogP contribution is -2.45. The van der Waals surface area contributed by atoms with Crippen molar-refractivity contribution in [1.82, 2.24) is 9.80 Å². The number of carbonyl (C=O) groups excluding carboxylic acids is 2. The topological polar surface area (TPSA) is 53.8 Å². The zero-order chi connectivity index (χ0) is 21.4. The van der Waals surface area contributed by atoms with Crippen molar-refractivity contribution >= 4 is 11.8 Å². The Morgan fingerprint density at radius 1 is 0.966 bits per heavy atom. The van der Waals surface area contributed by atoms with Gasteiger partial charge >= 0.3 is 0 Å². The van der Waals surface area contributed by atoms with Crippen LogP contribution in [-0.4, -0.2) is 41.2 Å². The van der Waals surface area contributed by atoms with Crippen molar-refractivity contribution in [3.63, 3.8) is 0 Å². The molecule has 0 bridgehead atoms. The van der Waals surface area contributed by atoms with Crippen LogP contribution < -0.4 is 0 Å². The van der Waals surface area contributed by atoms with E-state index >= 15 is 0 Å². The third-order valence-electron chi connectivity index (χ3n) is 4.73. The van der Waals surface area contributed by atoms with Crippen LogP contribution in [0.4, 0.5) is 0 Å². The van der Waals surface area contributed by atoms with E-state index in [1.165, 1.54) is 5.56 Å². The molecule has 0 saturated carbocycles. The first kappa shape index (κ1) is 22.7. The van der Waals surface area contributed by atoms with E-state index in [1.807, 2.05) is 51.1 Å². The minimum absolute atomic E-state index is 0.0175. The highest BCUT2D eigenvalue weighted by Gasteiger charge is 2.24. The van der Waals surface area contributed by atoms with Crippen molar-refractivity contribution in [3.05, 3.63) is 59.5 Å². The Balaban J connectivity index is 2.13. The van der Waals surface area contributed by atoms with Gasteiger partial charge in [0, 0.05) is 19.0 Å². The summed E-state index contributed by atoms with van der Waals surface area (Å²) in [6, 6.07) is 13.9. The predicted molar refractivity (Wildman–Crippen MR) is 115 cm³/mol. The quantitative estimate of drug-likeness (QED) is 0.600. The van der Waals surface area contributed by atoms with Gasteiger partial charge in [-0.3, -0.25) is 9.59 Å². The summed E-state index contributed by atoms with van der Waals surface area (Å²) in [6.07, 6.45) is 0.759. The molecule has 0 saturated heterocycles. The van der Waals surface area contributed by atoms with Crippen LogP contribution in [0, 0.1) is 18.8 Å². The van der Waals surface area contributed by atoms with Gasteiger partial charge in [0.2, 0.25) is 11.8 Å². The van der Waals surface area contributed by atoms with Crippen LogP contribution in [0.1, 0.15) is 44.8 Å². The summed E-state index contributed by atoms with van der Waals surface area (Å²) in [5, 5.41) is 0. The summed E-state index contributed by atoms with van der Waals surface area (Å²) >= 11 is 0. The van der Waals surface area contributed by atoms with Crippen LogP contribution in [0.5, 0.6) is 0 Å². The number of rotatable bonds is 10. The van der Waals surface area contributed by atoms with Gasteiger partial charge in [0.15, 0.2) is 0 Å². The summed E-state index contributed by atoms with van der Waals surface area (Å²) in [7, 11) is 0. The number of amides is 2. The first-order valence-corrected chi connectivity index (χ1v) is 10.4. The molecule has 0 fully saturated rings. The maximum atomic E-state index is 13.2. The molecule has 2 aromatic rings. The number of hydrogen-bond acceptors (Lipinski definition) is 3. The molecule has 0 aliphatic carbocycles. The second kappa shape index (κ2) is 10.8. The molecular weight excluding hydrogens is 364 g/mol. The van der Waals surface area contributed by atoms with E-state index < -0.39 is 0 Å². The number of aryl methyl sites for hydroxylation is 1. The third kappa shape index (κ3) is 7.41. The molecule has 158 valence electrons. The fourth-order valence-electron chi connectivity index (χ4n) is 3.26. The summed E-state index contributed by atoms with van der Waals surface area (Å²) < 4.78 is 5.70. The minimum Gasteiger partial charge on any atom is -0.464 e. The normalized spacial score (nSPS) is 11.1. The molecule has 5 nitrogen and oxygen atoms in total. The van der Waals surface area contributed by atoms with Crippen molar-refractivity contribution in [2.45, 2.75) is 47.6 Å². The highest BCUT2D eigenvalue weighted by molar-refractivity contribution is 5.85. The van der Waals surface area contributed by atoms with E-state index in [2.05, 4.69) is 26.0 Å². The van der Waals surface area contributed by atoms with Crippen LogP contribution >= 0.6 is 0 Å². The second-order valence-corrected chi connectivity index (χ2v) is 8.33. The SMILES string of the molecule is Cc1ccc(CN(CCc2ccccc2)C(=O)CN(CC(C)C)C(=O)C(C)C)o1. The summed E-state index contributed by atoms with van der Waals surface area (Å²) in [5.41, 5.74) is 1.18.